The van der Waals surface area contributed by atoms with Crippen LogP contribution in [-0.4, -0.2) is 5.75 Å². The average molecular weight is 292 g/mol. The van der Waals surface area contributed by atoms with Crippen molar-refractivity contribution < 1.29 is 13.6 Å². The molecule has 1 aromatic carbocycles. The number of carbonyl (C=O) groups is 1. The number of benzene rings is 1. The number of hydrogen-bond donors (Lipinski definition) is 0. The first-order valence-corrected chi connectivity index (χ1v) is 4.48. The SMILES string of the molecule is Fc1ccc(Br)c(F)c1Cl.O=CCl. The summed E-state index contributed by atoms with van der Waals surface area (Å²) >= 11 is 12.4. The van der Waals surface area contributed by atoms with E-state index in [1.165, 1.54) is 6.07 Å². The van der Waals surface area contributed by atoms with Crippen molar-refractivity contribution in [3.63, 3.8) is 0 Å². The zero-order valence-electron chi connectivity index (χ0n) is 6.03. The molecule has 0 N–H and O–H groups in total. The fraction of sp³-hybridized carbons (Fsp3) is 0. The summed E-state index contributed by atoms with van der Waals surface area (Å²) in [5, 5.41) is -0.477. The van der Waals surface area contributed by atoms with Crippen LogP contribution in [0.5, 0.6) is 0 Å². The maximum Gasteiger partial charge on any atom is 0.208 e. The van der Waals surface area contributed by atoms with Crippen LogP contribution in [0.1, 0.15) is 0 Å². The molecule has 0 bridgehead atoms. The highest BCUT2D eigenvalue weighted by Crippen LogP contribution is 2.25. The van der Waals surface area contributed by atoms with Crippen molar-refractivity contribution in [1.29, 1.82) is 0 Å². The van der Waals surface area contributed by atoms with Crippen molar-refractivity contribution in [3.05, 3.63) is 33.3 Å². The van der Waals surface area contributed by atoms with Crippen LogP contribution in [-0.2, 0) is 4.79 Å². The van der Waals surface area contributed by atoms with E-state index >= 15 is 0 Å². The van der Waals surface area contributed by atoms with Gasteiger partial charge in [0.05, 0.1) is 4.47 Å². The van der Waals surface area contributed by atoms with Crippen LogP contribution in [0.25, 0.3) is 0 Å². The van der Waals surface area contributed by atoms with Crippen LogP contribution in [0.4, 0.5) is 8.78 Å². The van der Waals surface area contributed by atoms with Gasteiger partial charge in [-0.1, -0.05) is 11.6 Å². The highest BCUT2D eigenvalue weighted by Gasteiger charge is 2.08. The molecule has 1 rings (SSSR count). The van der Waals surface area contributed by atoms with Crippen LogP contribution in [0.2, 0.25) is 5.02 Å². The minimum atomic E-state index is -0.762. The zero-order chi connectivity index (χ0) is 10.4. The van der Waals surface area contributed by atoms with Crippen molar-refractivity contribution in [3.8, 4) is 0 Å². The van der Waals surface area contributed by atoms with Gasteiger partial charge in [-0.2, -0.15) is 0 Å². The molecular formula is C7H3BrCl2F2O. The molecule has 1 nitrogen and oxygen atoms in total. The molecule has 0 aliphatic heterocycles. The molecule has 0 spiro atoms. The molecule has 0 radical (unpaired) electrons. The summed E-state index contributed by atoms with van der Waals surface area (Å²) in [6.07, 6.45) is 0. The van der Waals surface area contributed by atoms with Crippen LogP contribution in [0.3, 0.4) is 0 Å². The Morgan fingerprint density at radius 2 is 1.85 bits per heavy atom. The van der Waals surface area contributed by atoms with E-state index in [0.717, 1.165) is 6.07 Å². The van der Waals surface area contributed by atoms with E-state index in [9.17, 15) is 8.78 Å². The fourth-order valence-electron chi connectivity index (χ4n) is 0.502. The fourth-order valence-corrected chi connectivity index (χ4v) is 1.11. The molecule has 0 aliphatic rings. The van der Waals surface area contributed by atoms with Gasteiger partial charge in [-0.15, -0.1) is 0 Å². The molecule has 0 aromatic heterocycles. The van der Waals surface area contributed by atoms with E-state index in [1.54, 1.807) is 0 Å². The molecule has 6 heteroatoms. The molecule has 0 unspecified atom stereocenters. The highest BCUT2D eigenvalue weighted by molar-refractivity contribution is 9.10. The first-order chi connectivity index (χ1) is 6.04. The second-order valence-corrected chi connectivity index (χ2v) is 3.16. The van der Waals surface area contributed by atoms with Crippen LogP contribution in [0.15, 0.2) is 16.6 Å². The Labute approximate surface area is 91.8 Å². The van der Waals surface area contributed by atoms with Gasteiger partial charge in [-0.05, 0) is 39.7 Å². The van der Waals surface area contributed by atoms with E-state index in [2.05, 4.69) is 27.5 Å². The largest absolute Gasteiger partial charge is 0.285 e. The number of rotatable bonds is 0. The van der Waals surface area contributed by atoms with E-state index in [1.807, 2.05) is 0 Å². The smallest absolute Gasteiger partial charge is 0.208 e. The summed E-state index contributed by atoms with van der Waals surface area (Å²) in [6.45, 7) is 0. The maximum atomic E-state index is 12.6. The number of halogens is 5. The third-order valence-electron chi connectivity index (χ3n) is 0.988. The Balaban J connectivity index is 0.000000424. The van der Waals surface area contributed by atoms with Crippen molar-refractivity contribution in [1.82, 2.24) is 0 Å². The quantitative estimate of drug-likeness (QED) is 0.308. The molecule has 72 valence electrons. The van der Waals surface area contributed by atoms with Gasteiger partial charge in [0.25, 0.3) is 0 Å². The topological polar surface area (TPSA) is 17.1 Å². The summed E-state index contributed by atoms with van der Waals surface area (Å²) in [5.74, 6) is -1.29. The first-order valence-electron chi connectivity index (χ1n) is 2.87. The highest BCUT2D eigenvalue weighted by atomic mass is 79.9. The minimum Gasteiger partial charge on any atom is -0.285 e. The summed E-state index contributed by atoms with van der Waals surface area (Å²) in [5.41, 5.74) is 0. The lowest BCUT2D eigenvalue weighted by Crippen LogP contribution is -1.83. The van der Waals surface area contributed by atoms with Crippen molar-refractivity contribution in [2.45, 2.75) is 0 Å². The summed E-state index contributed by atoms with van der Waals surface area (Å²) < 4.78 is 25.1. The predicted molar refractivity (Wildman–Crippen MR) is 51.7 cm³/mol. The predicted octanol–water partition coefficient (Wildman–Crippen LogP) is 3.80. The lowest BCUT2D eigenvalue weighted by molar-refractivity contribution is 0.569. The van der Waals surface area contributed by atoms with Gasteiger partial charge in [0.1, 0.15) is 10.8 Å². The van der Waals surface area contributed by atoms with Crippen LogP contribution < -0.4 is 0 Å². The first kappa shape index (κ1) is 12.8. The Bertz CT molecular complexity index is 280. The molecular weight excluding hydrogens is 289 g/mol. The van der Waals surface area contributed by atoms with Gasteiger partial charge in [0.2, 0.25) is 5.75 Å². The minimum absolute atomic E-state index is 0.166. The van der Waals surface area contributed by atoms with Crippen molar-refractivity contribution in [2.75, 3.05) is 0 Å². The molecule has 0 saturated heterocycles. The lowest BCUT2D eigenvalue weighted by Gasteiger charge is -1.96. The van der Waals surface area contributed by atoms with Gasteiger partial charge in [-0.25, -0.2) is 8.78 Å². The van der Waals surface area contributed by atoms with Gasteiger partial charge in [0.15, 0.2) is 5.82 Å². The van der Waals surface area contributed by atoms with Crippen LogP contribution >= 0.6 is 39.1 Å². The Hall–Kier alpha value is -0.190. The monoisotopic (exact) mass is 290 g/mol. The molecule has 0 amide bonds. The summed E-state index contributed by atoms with van der Waals surface area (Å²) in [7, 11) is 0. The summed E-state index contributed by atoms with van der Waals surface area (Å²) in [4.78, 5) is 8.57. The van der Waals surface area contributed by atoms with Gasteiger partial charge < -0.3 is 0 Å². The van der Waals surface area contributed by atoms with Crippen LogP contribution in [0, 0.1) is 11.6 Å². The lowest BCUT2D eigenvalue weighted by atomic mass is 10.3. The van der Waals surface area contributed by atoms with E-state index in [4.69, 9.17) is 16.4 Å². The summed E-state index contributed by atoms with van der Waals surface area (Å²) in [6, 6.07) is 2.35. The van der Waals surface area contributed by atoms with E-state index < -0.39 is 16.7 Å². The Morgan fingerprint density at radius 3 is 2.23 bits per heavy atom. The standard InChI is InChI=1S/C6H2BrClF2.CHClO/c7-3-1-2-4(9)5(8)6(3)10;2-1-3/h1-2H;1H. The number of carbonyl (C=O) groups excluding carboxylic acids is 1. The molecule has 0 heterocycles. The molecule has 13 heavy (non-hydrogen) atoms. The molecule has 0 atom stereocenters. The second-order valence-electron chi connectivity index (χ2n) is 1.75. The van der Waals surface area contributed by atoms with Gasteiger partial charge in [0, 0.05) is 0 Å². The van der Waals surface area contributed by atoms with Crippen molar-refractivity contribution >= 4 is 44.9 Å². The van der Waals surface area contributed by atoms with Gasteiger partial charge >= 0.3 is 0 Å². The maximum absolute atomic E-state index is 12.6. The molecule has 1 aromatic rings. The van der Waals surface area contributed by atoms with Gasteiger partial charge in [-0.3, -0.25) is 4.79 Å². The third kappa shape index (κ3) is 4.02. The Morgan fingerprint density at radius 1 is 1.38 bits per heavy atom. The van der Waals surface area contributed by atoms with E-state index in [0.29, 0.717) is 0 Å². The Kier molecular flexibility index (Phi) is 6.20. The molecule has 0 fully saturated rings. The number of hydrogen-bond acceptors (Lipinski definition) is 1. The molecule has 0 aliphatic carbocycles. The normalized spacial score (nSPS) is 8.69. The molecule has 0 saturated carbocycles. The third-order valence-corrected chi connectivity index (χ3v) is 1.95. The average Bonchev–Trinajstić information content (AvgIpc) is 2.10. The zero-order valence-corrected chi connectivity index (χ0v) is 9.13. The second kappa shape index (κ2) is 6.29. The van der Waals surface area contributed by atoms with Crippen molar-refractivity contribution in [2.24, 2.45) is 0 Å². The van der Waals surface area contributed by atoms with E-state index in [-0.39, 0.29) is 10.2 Å².